The summed E-state index contributed by atoms with van der Waals surface area (Å²) in [5, 5.41) is 3.07. The van der Waals surface area contributed by atoms with Crippen LogP contribution in [0.2, 0.25) is 5.02 Å². The highest BCUT2D eigenvalue weighted by Gasteiger charge is 2.31. The van der Waals surface area contributed by atoms with Crippen LogP contribution in [0.25, 0.3) is 10.9 Å². The van der Waals surface area contributed by atoms with Crippen molar-refractivity contribution in [3.63, 3.8) is 0 Å². The van der Waals surface area contributed by atoms with Crippen molar-refractivity contribution >= 4 is 39.6 Å². The fourth-order valence-corrected chi connectivity index (χ4v) is 4.86. The summed E-state index contributed by atoms with van der Waals surface area (Å²) in [5.74, 6) is 0.0835. The molecule has 1 atom stereocenters. The Hall–Kier alpha value is -1.91. The number of fused-ring (bicyclic) bond motifs is 2. The molecule has 1 aliphatic rings. The van der Waals surface area contributed by atoms with E-state index in [4.69, 9.17) is 11.6 Å². The molecule has 0 radical (unpaired) electrons. The van der Waals surface area contributed by atoms with Crippen molar-refractivity contribution in [1.82, 2.24) is 4.98 Å². The third-order valence-electron chi connectivity index (χ3n) is 4.73. The number of thiophene rings is 1. The van der Waals surface area contributed by atoms with E-state index in [1.165, 1.54) is 10.4 Å². The van der Waals surface area contributed by atoms with Gasteiger partial charge in [0.05, 0.1) is 5.56 Å². The molecule has 2 heterocycles. The first-order valence-corrected chi connectivity index (χ1v) is 9.28. The van der Waals surface area contributed by atoms with E-state index >= 15 is 0 Å². The molecular weight excluding hydrogens is 342 g/mol. The van der Waals surface area contributed by atoms with Crippen molar-refractivity contribution in [1.29, 1.82) is 0 Å². The number of aryl methyl sites for hydroxylation is 1. The lowest BCUT2D eigenvalue weighted by atomic mass is 9.83. The van der Waals surface area contributed by atoms with Crippen LogP contribution in [0.15, 0.2) is 34.4 Å². The molecule has 2 aromatic heterocycles. The van der Waals surface area contributed by atoms with E-state index in [0.717, 1.165) is 17.6 Å². The molecule has 0 fully saturated rings. The fourth-order valence-electron chi connectivity index (χ4n) is 3.59. The Bertz CT molecular complexity index is 1020. The number of carbonyl (C=O) groups is 1. The summed E-state index contributed by atoms with van der Waals surface area (Å²) in [6, 6.07) is 7.31. The van der Waals surface area contributed by atoms with Gasteiger partial charge in [-0.05, 0) is 48.1 Å². The maximum Gasteiger partial charge on any atom is 0.200 e. The molecule has 0 saturated carbocycles. The Morgan fingerprint density at radius 1 is 1.25 bits per heavy atom. The molecule has 0 bridgehead atoms. The molecule has 1 unspecified atom stereocenters. The molecule has 3 aromatic rings. The van der Waals surface area contributed by atoms with E-state index in [1.807, 2.05) is 0 Å². The second-order valence-corrected chi connectivity index (χ2v) is 7.57. The van der Waals surface area contributed by atoms with Gasteiger partial charge in [-0.25, -0.2) is 0 Å². The first-order chi connectivity index (χ1) is 11.6. The monoisotopic (exact) mass is 357 g/mol. The Morgan fingerprint density at radius 2 is 2.08 bits per heavy atom. The minimum absolute atomic E-state index is 0.0696. The molecule has 4 rings (SSSR count). The number of aromatic amines is 1. The standard InChI is InChI=1S/C19H16ClNO2S/c1-2-10-5-6-24-19(10)11-7-15-17(16(22)8-11)18(23)13-9-12(20)3-4-14(13)21-15/h3-6,9,11H,2,7-8H2,1H3,(H,21,23). The molecule has 1 aromatic carbocycles. The van der Waals surface area contributed by atoms with Gasteiger partial charge in [0.15, 0.2) is 5.78 Å². The normalized spacial score (nSPS) is 17.2. The van der Waals surface area contributed by atoms with Crippen molar-refractivity contribution in [3.8, 4) is 0 Å². The second kappa shape index (κ2) is 5.87. The van der Waals surface area contributed by atoms with Crippen LogP contribution in [-0.4, -0.2) is 10.8 Å². The number of aromatic nitrogens is 1. The van der Waals surface area contributed by atoms with Crippen LogP contribution in [0.1, 0.15) is 45.8 Å². The van der Waals surface area contributed by atoms with Crippen LogP contribution in [0, 0.1) is 0 Å². The minimum atomic E-state index is -0.202. The van der Waals surface area contributed by atoms with Crippen LogP contribution in [-0.2, 0) is 12.8 Å². The summed E-state index contributed by atoms with van der Waals surface area (Å²) in [5.41, 5.74) is 2.91. The highest BCUT2D eigenvalue weighted by molar-refractivity contribution is 7.10. The summed E-state index contributed by atoms with van der Waals surface area (Å²) in [7, 11) is 0. The predicted molar refractivity (Wildman–Crippen MR) is 98.7 cm³/mol. The maximum atomic E-state index is 12.8. The molecule has 1 aliphatic carbocycles. The van der Waals surface area contributed by atoms with Crippen molar-refractivity contribution in [3.05, 3.63) is 66.6 Å². The topological polar surface area (TPSA) is 49.9 Å². The van der Waals surface area contributed by atoms with E-state index in [0.29, 0.717) is 28.8 Å². The summed E-state index contributed by atoms with van der Waals surface area (Å²) >= 11 is 7.70. The predicted octanol–water partition coefficient (Wildman–Crippen LogP) is 4.72. The van der Waals surface area contributed by atoms with Gasteiger partial charge in [-0.1, -0.05) is 18.5 Å². The van der Waals surface area contributed by atoms with E-state index in [-0.39, 0.29) is 17.1 Å². The maximum absolute atomic E-state index is 12.8. The number of nitrogens with one attached hydrogen (secondary N) is 1. The molecular formula is C19H16ClNO2S. The molecule has 5 heteroatoms. The van der Waals surface area contributed by atoms with Crippen molar-refractivity contribution < 1.29 is 4.79 Å². The second-order valence-electron chi connectivity index (χ2n) is 6.19. The molecule has 0 aliphatic heterocycles. The van der Waals surface area contributed by atoms with E-state index in [1.54, 1.807) is 29.5 Å². The average molecular weight is 358 g/mol. The molecule has 0 spiro atoms. The lowest BCUT2D eigenvalue weighted by Gasteiger charge is -2.23. The highest BCUT2D eigenvalue weighted by atomic mass is 35.5. The molecule has 0 amide bonds. The van der Waals surface area contributed by atoms with E-state index < -0.39 is 0 Å². The quantitative estimate of drug-likeness (QED) is 0.721. The molecule has 0 saturated heterocycles. The van der Waals surface area contributed by atoms with Gasteiger partial charge in [-0.3, -0.25) is 9.59 Å². The number of rotatable bonds is 2. The Morgan fingerprint density at radius 3 is 2.88 bits per heavy atom. The van der Waals surface area contributed by atoms with Crippen LogP contribution >= 0.6 is 22.9 Å². The van der Waals surface area contributed by atoms with Crippen LogP contribution in [0.3, 0.4) is 0 Å². The Balaban J connectivity index is 1.86. The van der Waals surface area contributed by atoms with Gasteiger partial charge in [-0.15, -0.1) is 11.3 Å². The molecule has 24 heavy (non-hydrogen) atoms. The molecule has 3 nitrogen and oxygen atoms in total. The van der Waals surface area contributed by atoms with E-state index in [2.05, 4.69) is 23.4 Å². The van der Waals surface area contributed by atoms with Gasteiger partial charge in [0.25, 0.3) is 0 Å². The number of Topliss-reactive ketones (excluding diaryl/α,β-unsaturated/α-hetero) is 1. The number of halogens is 1. The van der Waals surface area contributed by atoms with Crippen molar-refractivity contribution in [2.45, 2.75) is 32.1 Å². The third-order valence-corrected chi connectivity index (χ3v) is 6.09. The van der Waals surface area contributed by atoms with Crippen LogP contribution in [0.4, 0.5) is 0 Å². The van der Waals surface area contributed by atoms with Gasteiger partial charge < -0.3 is 4.98 Å². The van der Waals surface area contributed by atoms with Gasteiger partial charge >= 0.3 is 0 Å². The zero-order valence-electron chi connectivity index (χ0n) is 13.2. The number of hydrogen-bond acceptors (Lipinski definition) is 3. The number of pyridine rings is 1. The fraction of sp³-hybridized carbons (Fsp3) is 0.263. The lowest BCUT2D eigenvalue weighted by Crippen LogP contribution is -2.27. The van der Waals surface area contributed by atoms with Crippen molar-refractivity contribution in [2.24, 2.45) is 0 Å². The smallest absolute Gasteiger partial charge is 0.200 e. The number of benzene rings is 1. The Labute approximate surface area is 148 Å². The Kier molecular flexibility index (Phi) is 3.82. The van der Waals surface area contributed by atoms with Gasteiger partial charge in [0, 0.05) is 38.8 Å². The molecule has 122 valence electrons. The largest absolute Gasteiger partial charge is 0.358 e. The lowest BCUT2D eigenvalue weighted by molar-refractivity contribution is 0.0963. The average Bonchev–Trinajstić information content (AvgIpc) is 3.04. The first kappa shape index (κ1) is 15.6. The summed E-state index contributed by atoms with van der Waals surface area (Å²) in [6.07, 6.45) is 2.06. The molecule has 1 N–H and O–H groups in total. The highest BCUT2D eigenvalue weighted by Crippen LogP contribution is 2.36. The van der Waals surface area contributed by atoms with Gasteiger partial charge in [0.1, 0.15) is 0 Å². The number of carbonyl (C=O) groups excluding carboxylic acids is 1. The zero-order chi connectivity index (χ0) is 16.8. The summed E-state index contributed by atoms with van der Waals surface area (Å²) < 4.78 is 0. The number of H-pyrrole nitrogens is 1. The van der Waals surface area contributed by atoms with Gasteiger partial charge in [0.2, 0.25) is 5.43 Å². The minimum Gasteiger partial charge on any atom is -0.358 e. The number of hydrogen-bond donors (Lipinski definition) is 1. The summed E-state index contributed by atoms with van der Waals surface area (Å²) in [4.78, 5) is 30.0. The SMILES string of the molecule is CCc1ccsc1C1CC(=O)c2c([nH]c3ccc(Cl)cc3c2=O)C1. The summed E-state index contributed by atoms with van der Waals surface area (Å²) in [6.45, 7) is 2.13. The van der Waals surface area contributed by atoms with Crippen molar-refractivity contribution in [2.75, 3.05) is 0 Å². The van der Waals surface area contributed by atoms with Gasteiger partial charge in [-0.2, -0.15) is 0 Å². The zero-order valence-corrected chi connectivity index (χ0v) is 14.8. The first-order valence-electron chi connectivity index (χ1n) is 8.02. The van der Waals surface area contributed by atoms with Crippen LogP contribution < -0.4 is 5.43 Å². The van der Waals surface area contributed by atoms with E-state index in [9.17, 15) is 9.59 Å². The van der Waals surface area contributed by atoms with Crippen LogP contribution in [0.5, 0.6) is 0 Å². The number of ketones is 1. The third kappa shape index (κ3) is 2.41.